The van der Waals surface area contributed by atoms with Gasteiger partial charge in [-0.3, -0.25) is 4.55 Å². The van der Waals surface area contributed by atoms with Crippen molar-refractivity contribution >= 4 is 37.3 Å². The van der Waals surface area contributed by atoms with Gasteiger partial charge in [-0.15, -0.1) is 5.69 Å². The molecule has 0 radical (unpaired) electrons. The Hall–Kier alpha value is -1.69. The molecule has 0 atom stereocenters. The molecule has 3 rings (SSSR count). The Morgan fingerprint density at radius 3 is 2.35 bits per heavy atom. The fourth-order valence-electron chi connectivity index (χ4n) is 2.40. The zero-order valence-electron chi connectivity index (χ0n) is 16.2. The number of carboxylic acids is 1. The molecule has 0 spiro atoms. The van der Waals surface area contributed by atoms with Gasteiger partial charge >= 0.3 is 44.7 Å². The Morgan fingerprint density at radius 2 is 1.77 bits per heavy atom. The molecule has 0 aliphatic heterocycles. The second-order valence-electron chi connectivity index (χ2n) is 5.68. The van der Waals surface area contributed by atoms with Crippen molar-refractivity contribution in [2.45, 2.75) is 11.8 Å². The Kier molecular flexibility index (Phi) is 9.93. The van der Waals surface area contributed by atoms with Crippen molar-refractivity contribution in [1.82, 2.24) is 9.78 Å². The molecular weight excluding hydrogens is 495 g/mol. The van der Waals surface area contributed by atoms with Gasteiger partial charge in [-0.05, 0) is 36.4 Å². The minimum absolute atomic E-state index is 0. The van der Waals surface area contributed by atoms with Crippen molar-refractivity contribution in [3.63, 3.8) is 0 Å². The number of carboxylic acid groups (broad SMARTS) is 1. The number of rotatable bonds is 6. The van der Waals surface area contributed by atoms with Crippen LogP contribution in [0.4, 0.5) is 11.4 Å². The molecule has 0 unspecified atom stereocenters. The maximum Gasteiger partial charge on any atom is 1.00 e. The number of hydrogen-bond acceptors (Lipinski definition) is 8. The molecule has 0 bridgehead atoms. The molecule has 0 aliphatic rings. The number of hydrogen-bond donors (Lipinski definition) is 2. The maximum absolute atomic E-state index is 12.6. The van der Waals surface area contributed by atoms with E-state index >= 15 is 0 Å². The third-order valence-corrected chi connectivity index (χ3v) is 5.55. The SMILES string of the molecule is Cc1nn(-c2ccc(SS(=O)(=O)O)cc2)c(=O)[c-]1N=Nc1ccccc1C(=O)O.[Cr].[Na+]. The average molecular weight is 508 g/mol. The van der Waals surface area contributed by atoms with E-state index in [1.807, 2.05) is 0 Å². The van der Waals surface area contributed by atoms with Crippen molar-refractivity contribution in [1.29, 1.82) is 0 Å². The molecule has 14 heteroatoms. The van der Waals surface area contributed by atoms with Gasteiger partial charge in [0.05, 0.1) is 16.9 Å². The third kappa shape index (κ3) is 6.90. The number of aryl methyl sites for hydroxylation is 1. The van der Waals surface area contributed by atoms with Crippen LogP contribution in [0.15, 0.2) is 68.4 Å². The summed E-state index contributed by atoms with van der Waals surface area (Å²) in [6, 6.07) is 11.7. The molecule has 0 saturated carbocycles. The normalized spacial score (nSPS) is 11.0. The summed E-state index contributed by atoms with van der Waals surface area (Å²) in [5.74, 6) is -1.17. The van der Waals surface area contributed by atoms with Crippen LogP contribution in [0.2, 0.25) is 0 Å². The first-order valence-corrected chi connectivity index (χ1v) is 10.7. The Labute approximate surface area is 213 Å². The van der Waals surface area contributed by atoms with E-state index in [0.717, 1.165) is 4.68 Å². The molecule has 31 heavy (non-hydrogen) atoms. The van der Waals surface area contributed by atoms with Crippen molar-refractivity contribution in [2.75, 3.05) is 0 Å². The van der Waals surface area contributed by atoms with Crippen molar-refractivity contribution in [2.24, 2.45) is 10.2 Å². The summed E-state index contributed by atoms with van der Waals surface area (Å²) in [5, 5.41) is 21.1. The summed E-state index contributed by atoms with van der Waals surface area (Å²) in [4.78, 5) is 24.1. The minimum Gasteiger partial charge on any atom is -0.478 e. The zero-order chi connectivity index (χ0) is 21.2. The molecule has 2 N–H and O–H groups in total. The minimum atomic E-state index is -4.25. The number of benzene rings is 2. The fraction of sp³-hybridized carbons (Fsp3) is 0.0588. The number of aromatic nitrogens is 2. The van der Waals surface area contributed by atoms with E-state index in [9.17, 15) is 23.1 Å². The van der Waals surface area contributed by atoms with Crippen LogP contribution in [-0.2, 0) is 26.5 Å². The van der Waals surface area contributed by atoms with E-state index in [1.165, 1.54) is 36.4 Å². The second-order valence-corrected chi connectivity index (χ2v) is 8.94. The van der Waals surface area contributed by atoms with Crippen LogP contribution in [-0.4, -0.2) is 33.8 Å². The molecule has 3 aromatic rings. The van der Waals surface area contributed by atoms with E-state index < -0.39 is 20.7 Å². The Bertz CT molecular complexity index is 1270. The zero-order valence-corrected chi connectivity index (χ0v) is 21.1. The standard InChI is InChI=1S/C17H13N4O6S2.Cr.Na/c1-10-15(19-18-14-5-3-2-4-13(14)17(23)24)16(22)21(20-10)11-6-8-12(9-7-11)28-29(25,26)27;;/h2-9H,1H3,(H,23,24)(H,25,26,27);;/q-1;;+1. The molecular formula is C17H13CrN4NaO6S2. The van der Waals surface area contributed by atoms with Crippen LogP contribution in [0.25, 0.3) is 5.69 Å². The van der Waals surface area contributed by atoms with Crippen LogP contribution in [0.5, 0.6) is 0 Å². The van der Waals surface area contributed by atoms with Gasteiger partial charge in [0.1, 0.15) is 5.56 Å². The quantitative estimate of drug-likeness (QED) is 0.158. The van der Waals surface area contributed by atoms with Gasteiger partial charge in [0.2, 0.25) is 0 Å². The van der Waals surface area contributed by atoms with Crippen LogP contribution in [0.3, 0.4) is 0 Å². The first-order chi connectivity index (χ1) is 13.7. The molecule has 0 amide bonds. The summed E-state index contributed by atoms with van der Waals surface area (Å²) in [5.41, 5.74) is 0.0442. The van der Waals surface area contributed by atoms with Gasteiger partial charge in [0, 0.05) is 33.1 Å². The van der Waals surface area contributed by atoms with Gasteiger partial charge in [0.15, 0.2) is 0 Å². The third-order valence-electron chi connectivity index (χ3n) is 3.66. The van der Waals surface area contributed by atoms with E-state index in [4.69, 9.17) is 4.55 Å². The monoisotopic (exact) mass is 508 g/mol. The summed E-state index contributed by atoms with van der Waals surface area (Å²) < 4.78 is 31.7. The fourth-order valence-corrected chi connectivity index (χ4v) is 3.95. The molecule has 1 heterocycles. The van der Waals surface area contributed by atoms with E-state index in [1.54, 1.807) is 19.1 Å². The summed E-state index contributed by atoms with van der Waals surface area (Å²) in [7, 11) is -3.98. The van der Waals surface area contributed by atoms with Gasteiger partial charge in [-0.25, -0.2) is 14.6 Å². The summed E-state index contributed by atoms with van der Waals surface area (Å²) >= 11 is 0. The summed E-state index contributed by atoms with van der Waals surface area (Å²) in [6.07, 6.45) is 0. The first kappa shape index (κ1) is 27.3. The average Bonchev–Trinajstić information content (AvgIpc) is 2.93. The number of aromatic carboxylic acids is 1. The first-order valence-electron chi connectivity index (χ1n) is 7.94. The van der Waals surface area contributed by atoms with Crippen molar-refractivity contribution in [3.8, 4) is 5.69 Å². The number of carbonyl (C=O) groups is 1. The molecule has 10 nitrogen and oxygen atoms in total. The van der Waals surface area contributed by atoms with Crippen LogP contribution in [0, 0.1) is 6.92 Å². The van der Waals surface area contributed by atoms with Crippen molar-refractivity contribution in [3.05, 3.63) is 70.1 Å². The molecule has 156 valence electrons. The molecule has 1 aromatic heterocycles. The van der Waals surface area contributed by atoms with Crippen LogP contribution >= 0.6 is 10.8 Å². The maximum atomic E-state index is 12.6. The Balaban J connectivity index is 0.00000240. The van der Waals surface area contributed by atoms with Gasteiger partial charge < -0.3 is 15.0 Å². The molecule has 0 fully saturated rings. The second kappa shape index (κ2) is 11.3. The smallest absolute Gasteiger partial charge is 0.478 e. The number of azo groups is 1. The van der Waals surface area contributed by atoms with Gasteiger partial charge in [-0.1, -0.05) is 24.8 Å². The Morgan fingerprint density at radius 1 is 1.16 bits per heavy atom. The van der Waals surface area contributed by atoms with Gasteiger partial charge in [0.25, 0.3) is 0 Å². The van der Waals surface area contributed by atoms with E-state index in [0.29, 0.717) is 5.69 Å². The van der Waals surface area contributed by atoms with E-state index in [2.05, 4.69) is 15.3 Å². The molecule has 0 saturated heterocycles. The van der Waals surface area contributed by atoms with Crippen molar-refractivity contribution < 1.29 is 69.8 Å². The molecule has 0 aliphatic carbocycles. The number of nitrogens with zero attached hydrogens (tertiary/aromatic N) is 4. The van der Waals surface area contributed by atoms with Crippen LogP contribution in [0.1, 0.15) is 16.1 Å². The topological polar surface area (TPSA) is 151 Å². The molecule has 2 aromatic carbocycles. The summed E-state index contributed by atoms with van der Waals surface area (Å²) in [6.45, 7) is 1.55. The predicted octanol–water partition coefficient (Wildman–Crippen LogP) is 0.270. The predicted molar refractivity (Wildman–Crippen MR) is 105 cm³/mol. The van der Waals surface area contributed by atoms with Crippen LogP contribution < -0.4 is 35.1 Å². The van der Waals surface area contributed by atoms with E-state index in [-0.39, 0.29) is 85.2 Å². The largest absolute Gasteiger partial charge is 1.00 e. The van der Waals surface area contributed by atoms with Gasteiger partial charge in [-0.2, -0.15) is 13.5 Å².